The molecule has 0 aliphatic carbocycles. The summed E-state index contributed by atoms with van der Waals surface area (Å²) in [6.07, 6.45) is 2.28. The molecule has 4 rings (SSSR count). The third-order valence-electron chi connectivity index (χ3n) is 7.68. The molecular weight excluding hydrogens is 534 g/mol. The summed E-state index contributed by atoms with van der Waals surface area (Å²) in [6.45, 7) is 2.25. The number of fused-ring (bicyclic) bond motifs is 1. The van der Waals surface area contributed by atoms with E-state index in [4.69, 9.17) is 19.0 Å². The molecule has 2 saturated heterocycles. The normalized spacial score (nSPS) is 23.8. The Bertz CT molecular complexity index is 1210. The first kappa shape index (κ1) is 30.2. The van der Waals surface area contributed by atoms with Crippen molar-refractivity contribution in [3.05, 3.63) is 66.2 Å². The lowest BCUT2D eigenvalue weighted by Crippen LogP contribution is -2.52. The van der Waals surface area contributed by atoms with Crippen LogP contribution in [-0.4, -0.2) is 69.2 Å². The van der Waals surface area contributed by atoms with E-state index in [0.717, 1.165) is 18.4 Å². The van der Waals surface area contributed by atoms with Crippen molar-refractivity contribution in [3.63, 3.8) is 0 Å². The number of esters is 2. The van der Waals surface area contributed by atoms with Gasteiger partial charge in [-0.15, -0.1) is 0 Å². The molecule has 9 nitrogen and oxygen atoms in total. The van der Waals surface area contributed by atoms with E-state index < -0.39 is 28.0 Å². The molecule has 0 bridgehead atoms. The van der Waals surface area contributed by atoms with Crippen molar-refractivity contribution >= 4 is 21.8 Å². The SMILES string of the molecule is COC(=O)C1C[C@@H]2CC[C@@H]([C@H](CCOCc3ccccc3)OC(C)=O)[C@@H](CCCS(=O)(=O)c3ccccc3)N2O1. The second kappa shape index (κ2) is 14.2. The summed E-state index contributed by atoms with van der Waals surface area (Å²) in [5.41, 5.74) is 1.06. The zero-order valence-corrected chi connectivity index (χ0v) is 24.0. The van der Waals surface area contributed by atoms with Gasteiger partial charge in [-0.05, 0) is 43.4 Å². The van der Waals surface area contributed by atoms with Gasteiger partial charge in [-0.1, -0.05) is 48.5 Å². The maximum absolute atomic E-state index is 12.9. The topological polar surface area (TPSA) is 108 Å². The molecule has 1 unspecified atom stereocenters. The molecule has 0 amide bonds. The highest BCUT2D eigenvalue weighted by Crippen LogP contribution is 2.41. The molecule has 0 radical (unpaired) electrons. The molecular formula is C30H39NO8S. The van der Waals surface area contributed by atoms with Crippen LogP contribution in [0.5, 0.6) is 0 Å². The highest BCUT2D eigenvalue weighted by Gasteiger charge is 2.49. The number of methoxy groups -OCH3 is 1. The Morgan fingerprint density at radius 3 is 2.42 bits per heavy atom. The van der Waals surface area contributed by atoms with Crippen molar-refractivity contribution in [2.45, 2.75) is 81.2 Å². The molecule has 0 saturated carbocycles. The lowest BCUT2D eigenvalue weighted by atomic mass is 9.79. The van der Waals surface area contributed by atoms with E-state index in [1.54, 1.807) is 30.3 Å². The van der Waals surface area contributed by atoms with E-state index in [2.05, 4.69) is 0 Å². The number of hydrogen-bond acceptors (Lipinski definition) is 9. The van der Waals surface area contributed by atoms with Gasteiger partial charge in [-0.25, -0.2) is 13.2 Å². The van der Waals surface area contributed by atoms with Crippen LogP contribution < -0.4 is 0 Å². The highest BCUT2D eigenvalue weighted by atomic mass is 32.2. The molecule has 2 fully saturated rings. The van der Waals surface area contributed by atoms with Crippen molar-refractivity contribution in [1.29, 1.82) is 0 Å². The monoisotopic (exact) mass is 573 g/mol. The zero-order chi connectivity index (χ0) is 28.5. The van der Waals surface area contributed by atoms with Gasteiger partial charge in [0, 0.05) is 37.8 Å². The Hall–Kier alpha value is -2.79. The zero-order valence-electron chi connectivity index (χ0n) is 23.1. The fourth-order valence-corrected chi connectivity index (χ4v) is 7.15. The summed E-state index contributed by atoms with van der Waals surface area (Å²) < 4.78 is 42.5. The summed E-state index contributed by atoms with van der Waals surface area (Å²) in [4.78, 5) is 30.8. The van der Waals surface area contributed by atoms with Gasteiger partial charge in [0.1, 0.15) is 6.10 Å². The Labute approximate surface area is 236 Å². The maximum Gasteiger partial charge on any atom is 0.337 e. The lowest BCUT2D eigenvalue weighted by molar-refractivity contribution is -0.229. The third kappa shape index (κ3) is 7.90. The molecule has 40 heavy (non-hydrogen) atoms. The second-order valence-electron chi connectivity index (χ2n) is 10.4. The van der Waals surface area contributed by atoms with E-state index in [1.165, 1.54) is 14.0 Å². The molecule has 0 spiro atoms. The third-order valence-corrected chi connectivity index (χ3v) is 9.50. The molecule has 10 heteroatoms. The first-order valence-corrected chi connectivity index (χ1v) is 15.5. The molecule has 2 aromatic carbocycles. The molecule has 0 N–H and O–H groups in total. The fraction of sp³-hybridized carbons (Fsp3) is 0.533. The van der Waals surface area contributed by atoms with E-state index >= 15 is 0 Å². The van der Waals surface area contributed by atoms with Crippen LogP contribution >= 0.6 is 0 Å². The van der Waals surface area contributed by atoms with Crippen LogP contribution in [0.2, 0.25) is 0 Å². The number of carbonyl (C=O) groups is 2. The van der Waals surface area contributed by atoms with Gasteiger partial charge in [0.05, 0.1) is 31.0 Å². The van der Waals surface area contributed by atoms with Crippen molar-refractivity contribution < 1.29 is 37.1 Å². The minimum Gasteiger partial charge on any atom is -0.467 e. The summed E-state index contributed by atoms with van der Waals surface area (Å²) in [5, 5.41) is 1.85. The van der Waals surface area contributed by atoms with E-state index in [1.807, 2.05) is 35.4 Å². The summed E-state index contributed by atoms with van der Waals surface area (Å²) in [5.74, 6) is -0.939. The van der Waals surface area contributed by atoms with Gasteiger partial charge in [0.15, 0.2) is 15.9 Å². The largest absolute Gasteiger partial charge is 0.467 e. The van der Waals surface area contributed by atoms with Gasteiger partial charge in [0.25, 0.3) is 0 Å². The van der Waals surface area contributed by atoms with Gasteiger partial charge in [-0.3, -0.25) is 9.63 Å². The van der Waals surface area contributed by atoms with Crippen LogP contribution in [0.15, 0.2) is 65.6 Å². The number of nitrogens with zero attached hydrogens (tertiary/aromatic N) is 1. The Balaban J connectivity index is 1.47. The molecule has 0 aromatic heterocycles. The van der Waals surface area contributed by atoms with Crippen molar-refractivity contribution in [1.82, 2.24) is 5.06 Å². The predicted octanol–water partition coefficient (Wildman–Crippen LogP) is 4.11. The summed E-state index contributed by atoms with van der Waals surface area (Å²) >= 11 is 0. The van der Waals surface area contributed by atoms with Crippen molar-refractivity contribution in [2.75, 3.05) is 19.5 Å². The highest BCUT2D eigenvalue weighted by molar-refractivity contribution is 7.91. The number of hydroxylamine groups is 2. The molecule has 218 valence electrons. The van der Waals surface area contributed by atoms with Gasteiger partial charge in [0.2, 0.25) is 0 Å². The average molecular weight is 574 g/mol. The Morgan fingerprint density at radius 1 is 1.05 bits per heavy atom. The minimum absolute atomic E-state index is 0.00314. The van der Waals surface area contributed by atoms with Gasteiger partial charge < -0.3 is 14.2 Å². The predicted molar refractivity (Wildman–Crippen MR) is 148 cm³/mol. The van der Waals surface area contributed by atoms with Crippen molar-refractivity contribution in [2.24, 2.45) is 5.92 Å². The van der Waals surface area contributed by atoms with Crippen LogP contribution in [0.25, 0.3) is 0 Å². The fourth-order valence-electron chi connectivity index (χ4n) is 5.80. The standard InChI is InChI=1S/C30H39NO8S/c1-22(32)38-28(17-18-37-21-23-10-5-3-6-11-23)26-16-15-24-20-29(30(33)36-2)39-31(24)27(26)14-9-19-40(34,35)25-12-7-4-8-13-25/h3-8,10-13,24,26-29H,9,14-21H2,1-2H3/t24-,26+,27+,28-,29?/m0/s1. The van der Waals surface area contributed by atoms with Gasteiger partial charge >= 0.3 is 11.9 Å². The first-order chi connectivity index (χ1) is 19.3. The van der Waals surface area contributed by atoms with Crippen molar-refractivity contribution in [3.8, 4) is 0 Å². The van der Waals surface area contributed by atoms with Crippen LogP contribution in [0.3, 0.4) is 0 Å². The average Bonchev–Trinajstić information content (AvgIpc) is 3.40. The van der Waals surface area contributed by atoms with Crippen LogP contribution in [-0.2, 0) is 45.1 Å². The summed E-state index contributed by atoms with van der Waals surface area (Å²) in [6, 6.07) is 18.0. The van der Waals surface area contributed by atoms with Crippen LogP contribution in [0.1, 0.15) is 51.0 Å². The molecule has 2 heterocycles. The van der Waals surface area contributed by atoms with E-state index in [0.29, 0.717) is 43.8 Å². The molecule has 2 aliphatic rings. The quantitative estimate of drug-likeness (QED) is 0.258. The Morgan fingerprint density at radius 2 is 1.75 bits per heavy atom. The smallest absolute Gasteiger partial charge is 0.337 e. The first-order valence-electron chi connectivity index (χ1n) is 13.9. The Kier molecular flexibility index (Phi) is 10.7. The minimum atomic E-state index is -3.45. The lowest BCUT2D eigenvalue weighted by Gasteiger charge is -2.44. The van der Waals surface area contributed by atoms with Crippen LogP contribution in [0, 0.1) is 5.92 Å². The number of hydrogen-bond donors (Lipinski definition) is 0. The number of ether oxygens (including phenoxy) is 3. The van der Waals surface area contributed by atoms with Crippen LogP contribution in [0.4, 0.5) is 0 Å². The van der Waals surface area contributed by atoms with E-state index in [-0.39, 0.29) is 29.7 Å². The molecule has 5 atom stereocenters. The number of piperidine rings is 1. The maximum atomic E-state index is 12.9. The molecule has 2 aromatic rings. The number of benzene rings is 2. The molecule has 2 aliphatic heterocycles. The number of sulfone groups is 1. The number of rotatable bonds is 13. The second-order valence-corrected chi connectivity index (χ2v) is 12.5. The summed E-state index contributed by atoms with van der Waals surface area (Å²) in [7, 11) is -2.11. The van der Waals surface area contributed by atoms with Gasteiger partial charge in [-0.2, -0.15) is 5.06 Å². The number of carbonyl (C=O) groups excluding carboxylic acids is 2. The van der Waals surface area contributed by atoms with E-state index in [9.17, 15) is 18.0 Å².